The molecule has 0 aliphatic carbocycles. The molecule has 4 heteroatoms. The smallest absolute Gasteiger partial charge is 0.124 e. The second kappa shape index (κ2) is 4.41. The summed E-state index contributed by atoms with van der Waals surface area (Å²) in [4.78, 5) is 0.937. The third kappa shape index (κ3) is 2.26. The van der Waals surface area contributed by atoms with Gasteiger partial charge in [0.1, 0.15) is 5.82 Å². The SMILES string of the molecule is CC1Nc2ccc(F)cc2SC1CCO. The summed E-state index contributed by atoms with van der Waals surface area (Å²) in [6.07, 6.45) is 0.731. The lowest BCUT2D eigenvalue weighted by molar-refractivity contribution is 0.284. The van der Waals surface area contributed by atoms with E-state index >= 15 is 0 Å². The monoisotopic (exact) mass is 227 g/mol. The Morgan fingerprint density at radius 1 is 1.53 bits per heavy atom. The molecule has 0 aromatic heterocycles. The number of nitrogens with one attached hydrogen (secondary N) is 1. The second-order valence-electron chi connectivity index (χ2n) is 3.74. The first-order valence-corrected chi connectivity index (χ1v) is 5.92. The van der Waals surface area contributed by atoms with Gasteiger partial charge in [0.25, 0.3) is 0 Å². The lowest BCUT2D eigenvalue weighted by Crippen LogP contribution is -2.32. The maximum Gasteiger partial charge on any atom is 0.124 e. The third-order valence-electron chi connectivity index (χ3n) is 2.58. The molecular weight excluding hydrogens is 213 g/mol. The minimum absolute atomic E-state index is 0.175. The number of hydrogen-bond donors (Lipinski definition) is 2. The Labute approximate surface area is 92.9 Å². The van der Waals surface area contributed by atoms with Crippen LogP contribution in [0.1, 0.15) is 13.3 Å². The first-order valence-electron chi connectivity index (χ1n) is 5.04. The summed E-state index contributed by atoms with van der Waals surface area (Å²) in [6.45, 7) is 2.26. The molecular formula is C11H14FNOS. The molecule has 0 saturated carbocycles. The van der Waals surface area contributed by atoms with E-state index in [0.717, 1.165) is 17.0 Å². The highest BCUT2D eigenvalue weighted by Gasteiger charge is 2.25. The topological polar surface area (TPSA) is 32.3 Å². The van der Waals surface area contributed by atoms with Crippen LogP contribution in [-0.2, 0) is 0 Å². The summed E-state index contributed by atoms with van der Waals surface area (Å²) < 4.78 is 13.0. The van der Waals surface area contributed by atoms with Gasteiger partial charge in [-0.3, -0.25) is 0 Å². The number of aliphatic hydroxyl groups is 1. The fraction of sp³-hybridized carbons (Fsp3) is 0.455. The minimum Gasteiger partial charge on any atom is -0.396 e. The van der Waals surface area contributed by atoms with Gasteiger partial charge >= 0.3 is 0 Å². The molecule has 0 bridgehead atoms. The molecule has 0 radical (unpaired) electrons. The first kappa shape index (κ1) is 10.8. The Hall–Kier alpha value is -0.740. The molecule has 0 saturated heterocycles. The van der Waals surface area contributed by atoms with Crippen LogP contribution in [0, 0.1) is 5.82 Å². The van der Waals surface area contributed by atoms with Crippen LogP contribution < -0.4 is 5.32 Å². The maximum atomic E-state index is 13.0. The summed E-state index contributed by atoms with van der Waals surface area (Å²) in [5.74, 6) is -0.208. The number of thioether (sulfide) groups is 1. The number of halogens is 1. The molecule has 2 atom stereocenters. The van der Waals surface area contributed by atoms with Crippen molar-refractivity contribution in [2.75, 3.05) is 11.9 Å². The van der Waals surface area contributed by atoms with Crippen LogP contribution in [0.2, 0.25) is 0 Å². The summed E-state index contributed by atoms with van der Waals surface area (Å²) in [5, 5.41) is 12.6. The van der Waals surface area contributed by atoms with E-state index in [1.807, 2.05) is 0 Å². The van der Waals surface area contributed by atoms with Gasteiger partial charge in [-0.25, -0.2) is 4.39 Å². The van der Waals surface area contributed by atoms with Crippen LogP contribution >= 0.6 is 11.8 Å². The summed E-state index contributed by atoms with van der Waals surface area (Å²) in [5.41, 5.74) is 0.989. The van der Waals surface area contributed by atoms with Gasteiger partial charge in [-0.05, 0) is 31.5 Å². The zero-order valence-corrected chi connectivity index (χ0v) is 9.35. The van der Waals surface area contributed by atoms with Gasteiger partial charge in [-0.2, -0.15) is 0 Å². The molecule has 1 aromatic rings. The van der Waals surface area contributed by atoms with Gasteiger partial charge in [-0.1, -0.05) is 0 Å². The molecule has 15 heavy (non-hydrogen) atoms. The van der Waals surface area contributed by atoms with Gasteiger partial charge in [0, 0.05) is 28.5 Å². The van der Waals surface area contributed by atoms with Crippen molar-refractivity contribution in [2.45, 2.75) is 29.5 Å². The zero-order valence-electron chi connectivity index (χ0n) is 8.53. The fourth-order valence-electron chi connectivity index (χ4n) is 1.75. The van der Waals surface area contributed by atoms with Crippen molar-refractivity contribution in [2.24, 2.45) is 0 Å². The average molecular weight is 227 g/mol. The highest BCUT2D eigenvalue weighted by atomic mass is 32.2. The standard InChI is InChI=1S/C11H14FNOS/c1-7-10(4-5-14)15-11-6-8(12)2-3-9(11)13-7/h2-3,6-7,10,13-14H,4-5H2,1H3. The number of aliphatic hydroxyl groups excluding tert-OH is 1. The van der Waals surface area contributed by atoms with Gasteiger partial charge in [-0.15, -0.1) is 11.8 Å². The molecule has 0 spiro atoms. The van der Waals surface area contributed by atoms with Gasteiger partial charge < -0.3 is 10.4 Å². The van der Waals surface area contributed by atoms with E-state index in [0.29, 0.717) is 11.3 Å². The molecule has 1 aromatic carbocycles. The van der Waals surface area contributed by atoms with Crippen LogP contribution in [0.25, 0.3) is 0 Å². The van der Waals surface area contributed by atoms with E-state index in [9.17, 15) is 4.39 Å². The van der Waals surface area contributed by atoms with E-state index in [1.54, 1.807) is 23.9 Å². The van der Waals surface area contributed by atoms with Crippen molar-refractivity contribution in [3.8, 4) is 0 Å². The number of fused-ring (bicyclic) bond motifs is 1. The van der Waals surface area contributed by atoms with Crippen LogP contribution in [-0.4, -0.2) is 23.0 Å². The van der Waals surface area contributed by atoms with E-state index in [4.69, 9.17) is 5.11 Å². The van der Waals surface area contributed by atoms with Crippen LogP contribution in [0.3, 0.4) is 0 Å². The molecule has 2 rings (SSSR count). The Morgan fingerprint density at radius 3 is 3.07 bits per heavy atom. The number of rotatable bonds is 2. The predicted molar refractivity (Wildman–Crippen MR) is 60.8 cm³/mol. The van der Waals surface area contributed by atoms with E-state index in [2.05, 4.69) is 12.2 Å². The van der Waals surface area contributed by atoms with Crippen LogP contribution in [0.5, 0.6) is 0 Å². The van der Waals surface area contributed by atoms with Gasteiger partial charge in [0.2, 0.25) is 0 Å². The second-order valence-corrected chi connectivity index (χ2v) is 5.02. The van der Waals surface area contributed by atoms with Crippen molar-refractivity contribution in [3.63, 3.8) is 0 Å². The number of hydrogen-bond acceptors (Lipinski definition) is 3. The molecule has 0 amide bonds. The molecule has 2 N–H and O–H groups in total. The molecule has 0 fully saturated rings. The number of benzene rings is 1. The van der Waals surface area contributed by atoms with E-state index < -0.39 is 0 Å². The summed E-state index contributed by atoms with van der Waals surface area (Å²) >= 11 is 1.64. The lowest BCUT2D eigenvalue weighted by Gasteiger charge is -2.31. The largest absolute Gasteiger partial charge is 0.396 e. The van der Waals surface area contributed by atoms with Crippen molar-refractivity contribution in [3.05, 3.63) is 24.0 Å². The van der Waals surface area contributed by atoms with Crippen LogP contribution in [0.4, 0.5) is 10.1 Å². The highest BCUT2D eigenvalue weighted by Crippen LogP contribution is 2.39. The molecule has 82 valence electrons. The summed E-state index contributed by atoms with van der Waals surface area (Å²) in [6, 6.07) is 5.08. The quantitative estimate of drug-likeness (QED) is 0.814. The van der Waals surface area contributed by atoms with Crippen LogP contribution in [0.15, 0.2) is 23.1 Å². The Bertz CT molecular complexity index is 358. The predicted octanol–water partition coefficient (Wildman–Crippen LogP) is 2.48. The van der Waals surface area contributed by atoms with Crippen molar-refractivity contribution in [1.82, 2.24) is 0 Å². The third-order valence-corrected chi connectivity index (χ3v) is 4.11. The van der Waals surface area contributed by atoms with Crippen molar-refractivity contribution >= 4 is 17.4 Å². The Balaban J connectivity index is 2.22. The molecule has 2 nitrogen and oxygen atoms in total. The van der Waals surface area contributed by atoms with E-state index in [-0.39, 0.29) is 12.4 Å². The first-order chi connectivity index (χ1) is 7.20. The maximum absolute atomic E-state index is 13.0. The van der Waals surface area contributed by atoms with Gasteiger partial charge in [0.05, 0.1) is 0 Å². The van der Waals surface area contributed by atoms with Crippen molar-refractivity contribution < 1.29 is 9.50 Å². The molecule has 1 heterocycles. The average Bonchev–Trinajstić information content (AvgIpc) is 2.20. The Morgan fingerprint density at radius 2 is 2.33 bits per heavy atom. The fourth-order valence-corrected chi connectivity index (χ4v) is 3.01. The zero-order chi connectivity index (χ0) is 10.8. The Kier molecular flexibility index (Phi) is 3.17. The molecule has 1 aliphatic rings. The normalized spacial score (nSPS) is 24.5. The molecule has 1 aliphatic heterocycles. The minimum atomic E-state index is -0.208. The van der Waals surface area contributed by atoms with Crippen molar-refractivity contribution in [1.29, 1.82) is 0 Å². The summed E-state index contributed by atoms with van der Waals surface area (Å²) in [7, 11) is 0. The molecule has 2 unspecified atom stereocenters. The van der Waals surface area contributed by atoms with Gasteiger partial charge in [0.15, 0.2) is 0 Å². The lowest BCUT2D eigenvalue weighted by atomic mass is 10.1. The number of anilines is 1. The highest BCUT2D eigenvalue weighted by molar-refractivity contribution is 8.00. The van der Waals surface area contributed by atoms with E-state index in [1.165, 1.54) is 6.07 Å².